The van der Waals surface area contributed by atoms with E-state index in [1.54, 1.807) is 0 Å². The van der Waals surface area contributed by atoms with E-state index in [0.717, 1.165) is 50.2 Å². The fourth-order valence-electron chi connectivity index (χ4n) is 3.88. The molecule has 6 heteroatoms. The zero-order chi connectivity index (χ0) is 20.6. The highest BCUT2D eigenvalue weighted by Crippen LogP contribution is 2.17. The van der Waals surface area contributed by atoms with Gasteiger partial charge in [-0.3, -0.25) is 14.7 Å². The van der Waals surface area contributed by atoms with Crippen molar-refractivity contribution in [1.29, 1.82) is 0 Å². The van der Waals surface area contributed by atoms with Crippen LogP contribution in [0.2, 0.25) is 5.02 Å². The number of benzene rings is 1. The molecule has 1 aromatic carbocycles. The summed E-state index contributed by atoms with van der Waals surface area (Å²) in [4.78, 5) is 21.6. The van der Waals surface area contributed by atoms with Crippen molar-refractivity contribution in [1.82, 2.24) is 20.1 Å². The summed E-state index contributed by atoms with van der Waals surface area (Å²) in [5.74, 6) is 0.0625. The molecule has 0 spiro atoms. The molecule has 1 atom stereocenters. The van der Waals surface area contributed by atoms with Crippen molar-refractivity contribution < 1.29 is 4.79 Å². The maximum absolute atomic E-state index is 12.5. The molecule has 1 aliphatic rings. The zero-order valence-electron chi connectivity index (χ0n) is 17.4. The van der Waals surface area contributed by atoms with Crippen LogP contribution >= 0.6 is 11.6 Å². The first-order valence-corrected chi connectivity index (χ1v) is 10.8. The molecular weight excluding hydrogens is 384 g/mol. The second-order valence-electron chi connectivity index (χ2n) is 7.90. The van der Waals surface area contributed by atoms with Gasteiger partial charge in [-0.05, 0) is 69.7 Å². The number of carbonyl (C=O) groups is 1. The fourth-order valence-corrected chi connectivity index (χ4v) is 4.01. The van der Waals surface area contributed by atoms with Gasteiger partial charge in [0.05, 0.1) is 12.6 Å². The molecule has 0 radical (unpaired) electrons. The molecule has 5 nitrogen and oxygen atoms in total. The van der Waals surface area contributed by atoms with Gasteiger partial charge in [0.2, 0.25) is 5.91 Å². The van der Waals surface area contributed by atoms with Crippen molar-refractivity contribution in [2.45, 2.75) is 38.3 Å². The normalized spacial score (nSPS) is 16.7. The Bertz CT molecular complexity index is 760. The van der Waals surface area contributed by atoms with Crippen molar-refractivity contribution in [2.75, 3.05) is 33.2 Å². The number of pyridine rings is 1. The average molecular weight is 415 g/mol. The summed E-state index contributed by atoms with van der Waals surface area (Å²) in [6, 6.07) is 14.1. The molecule has 2 aromatic rings. The van der Waals surface area contributed by atoms with Gasteiger partial charge in [0.15, 0.2) is 0 Å². The van der Waals surface area contributed by atoms with Crippen molar-refractivity contribution in [2.24, 2.45) is 0 Å². The van der Waals surface area contributed by atoms with Crippen molar-refractivity contribution >= 4 is 17.5 Å². The van der Waals surface area contributed by atoms with Crippen LogP contribution in [0, 0.1) is 0 Å². The molecule has 156 valence electrons. The number of hydrogen-bond donors (Lipinski definition) is 1. The Balaban J connectivity index is 1.38. The smallest absolute Gasteiger partial charge is 0.234 e. The summed E-state index contributed by atoms with van der Waals surface area (Å²) in [5.41, 5.74) is 2.21. The second-order valence-corrected chi connectivity index (χ2v) is 8.34. The number of likely N-dealkylation sites (tertiary alicyclic amines) is 1. The summed E-state index contributed by atoms with van der Waals surface area (Å²) in [7, 11) is 2.06. The van der Waals surface area contributed by atoms with E-state index < -0.39 is 0 Å². The van der Waals surface area contributed by atoms with Crippen LogP contribution in [-0.4, -0.2) is 60.0 Å². The summed E-state index contributed by atoms with van der Waals surface area (Å²) >= 11 is 5.94. The first-order valence-electron chi connectivity index (χ1n) is 10.4. The number of nitrogens with one attached hydrogen (secondary N) is 1. The minimum absolute atomic E-state index is 0.0263. The van der Waals surface area contributed by atoms with E-state index in [2.05, 4.69) is 33.2 Å². The molecule has 0 unspecified atom stereocenters. The minimum atomic E-state index is -0.0263. The van der Waals surface area contributed by atoms with E-state index in [0.29, 0.717) is 17.6 Å². The van der Waals surface area contributed by atoms with E-state index in [1.165, 1.54) is 0 Å². The largest absolute Gasteiger partial charge is 0.348 e. The van der Waals surface area contributed by atoms with Crippen LogP contribution in [0.15, 0.2) is 48.7 Å². The minimum Gasteiger partial charge on any atom is -0.348 e. The number of nitrogens with zero attached hydrogens (tertiary/aromatic N) is 3. The molecular formula is C23H31ClN4O. The van der Waals surface area contributed by atoms with E-state index in [9.17, 15) is 4.79 Å². The van der Waals surface area contributed by atoms with Crippen molar-refractivity contribution in [3.63, 3.8) is 0 Å². The summed E-state index contributed by atoms with van der Waals surface area (Å²) < 4.78 is 0. The lowest BCUT2D eigenvalue weighted by atomic mass is 10.0. The van der Waals surface area contributed by atoms with E-state index in [1.807, 2.05) is 49.5 Å². The van der Waals surface area contributed by atoms with Gasteiger partial charge in [0.25, 0.3) is 0 Å². The molecule has 2 heterocycles. The van der Waals surface area contributed by atoms with Gasteiger partial charge in [-0.15, -0.1) is 0 Å². The standard InChI is InChI=1S/C23H31ClN4O/c1-18(19-6-8-20(24)9-7-19)26-23(29)17-27(2)22-11-15-28(16-12-22)14-10-21-5-3-4-13-25-21/h3-9,13,18,22H,10-12,14-17H2,1-2H3,(H,26,29)/t18-/m1/s1. The summed E-state index contributed by atoms with van der Waals surface area (Å²) in [6.45, 7) is 5.62. The van der Waals surface area contributed by atoms with Gasteiger partial charge in [0, 0.05) is 35.9 Å². The number of piperidine rings is 1. The van der Waals surface area contributed by atoms with Crippen LogP contribution in [0.3, 0.4) is 0 Å². The molecule has 1 saturated heterocycles. The number of halogens is 1. The molecule has 1 aromatic heterocycles. The molecule has 0 aliphatic carbocycles. The lowest BCUT2D eigenvalue weighted by Crippen LogP contribution is -2.47. The van der Waals surface area contributed by atoms with E-state index in [4.69, 9.17) is 11.6 Å². The molecule has 1 amide bonds. The number of aromatic nitrogens is 1. The summed E-state index contributed by atoms with van der Waals surface area (Å²) in [6.07, 6.45) is 5.04. The third kappa shape index (κ3) is 6.81. The lowest BCUT2D eigenvalue weighted by molar-refractivity contribution is -0.123. The zero-order valence-corrected chi connectivity index (χ0v) is 18.1. The Morgan fingerprint density at radius 1 is 1.24 bits per heavy atom. The number of likely N-dealkylation sites (N-methyl/N-ethyl adjacent to an activating group) is 1. The van der Waals surface area contributed by atoms with Gasteiger partial charge >= 0.3 is 0 Å². The number of rotatable bonds is 8. The number of amides is 1. The molecule has 3 rings (SSSR count). The highest BCUT2D eigenvalue weighted by molar-refractivity contribution is 6.30. The first kappa shape index (κ1) is 21.8. The van der Waals surface area contributed by atoms with Crippen LogP contribution in [0.4, 0.5) is 0 Å². The van der Waals surface area contributed by atoms with E-state index >= 15 is 0 Å². The average Bonchev–Trinajstić information content (AvgIpc) is 2.73. The van der Waals surface area contributed by atoms with Crippen LogP contribution in [0.5, 0.6) is 0 Å². The Morgan fingerprint density at radius 3 is 2.62 bits per heavy atom. The predicted octanol–water partition coefficient (Wildman–Crippen LogP) is 3.55. The van der Waals surface area contributed by atoms with Crippen LogP contribution in [0.1, 0.15) is 37.1 Å². The van der Waals surface area contributed by atoms with Gasteiger partial charge in [-0.25, -0.2) is 0 Å². The highest BCUT2D eigenvalue weighted by atomic mass is 35.5. The van der Waals surface area contributed by atoms with Gasteiger partial charge in [-0.1, -0.05) is 29.8 Å². The number of carbonyl (C=O) groups excluding carboxylic acids is 1. The Kier molecular flexibility index (Phi) is 8.04. The summed E-state index contributed by atoms with van der Waals surface area (Å²) in [5, 5.41) is 3.80. The van der Waals surface area contributed by atoms with Crippen LogP contribution in [0.25, 0.3) is 0 Å². The SMILES string of the molecule is C[C@@H](NC(=O)CN(C)C1CCN(CCc2ccccn2)CC1)c1ccc(Cl)cc1. The second kappa shape index (κ2) is 10.7. The van der Waals surface area contributed by atoms with Crippen LogP contribution in [-0.2, 0) is 11.2 Å². The van der Waals surface area contributed by atoms with Gasteiger partial charge < -0.3 is 10.2 Å². The van der Waals surface area contributed by atoms with E-state index in [-0.39, 0.29) is 11.9 Å². The monoisotopic (exact) mass is 414 g/mol. The van der Waals surface area contributed by atoms with Crippen molar-refractivity contribution in [3.05, 3.63) is 64.9 Å². The quantitative estimate of drug-likeness (QED) is 0.717. The maximum Gasteiger partial charge on any atom is 0.234 e. The molecule has 29 heavy (non-hydrogen) atoms. The third-order valence-corrected chi connectivity index (χ3v) is 5.98. The highest BCUT2D eigenvalue weighted by Gasteiger charge is 2.24. The topological polar surface area (TPSA) is 48.5 Å². The maximum atomic E-state index is 12.5. The molecule has 0 saturated carbocycles. The van der Waals surface area contributed by atoms with Gasteiger partial charge in [-0.2, -0.15) is 0 Å². The lowest BCUT2D eigenvalue weighted by Gasteiger charge is -2.36. The third-order valence-electron chi connectivity index (χ3n) is 5.73. The van der Waals surface area contributed by atoms with Crippen LogP contribution < -0.4 is 5.32 Å². The first-order chi connectivity index (χ1) is 14.0. The Labute approximate surface area is 179 Å². The molecule has 0 bridgehead atoms. The molecule has 1 aliphatic heterocycles. The number of hydrogen-bond acceptors (Lipinski definition) is 4. The molecule has 1 fully saturated rings. The van der Waals surface area contributed by atoms with Crippen molar-refractivity contribution in [3.8, 4) is 0 Å². The fraction of sp³-hybridized carbons (Fsp3) is 0.478. The Hall–Kier alpha value is -1.95. The predicted molar refractivity (Wildman–Crippen MR) is 118 cm³/mol. The Morgan fingerprint density at radius 2 is 1.97 bits per heavy atom. The molecule has 1 N–H and O–H groups in total. The van der Waals surface area contributed by atoms with Gasteiger partial charge in [0.1, 0.15) is 0 Å².